The Morgan fingerprint density at radius 3 is 2.24 bits per heavy atom. The van der Waals surface area contributed by atoms with Crippen molar-refractivity contribution in [1.29, 1.82) is 0 Å². The number of fused-ring (bicyclic) bond motifs is 1. The second-order valence-corrected chi connectivity index (χ2v) is 8.93. The number of pyridine rings is 1. The van der Waals surface area contributed by atoms with Crippen LogP contribution in [0.4, 0.5) is 0 Å². The first kappa shape index (κ1) is 23.4. The number of ketones is 1. The SMILES string of the molecule is CC[C@@H](C)NC(=O)CCc1c(-c2ccc(C)cc2)nc2ccc(-c3ccc(C(C)=O)cc3)cn12. The van der Waals surface area contributed by atoms with Gasteiger partial charge in [-0.25, -0.2) is 4.98 Å². The fourth-order valence-electron chi connectivity index (χ4n) is 4.02. The van der Waals surface area contributed by atoms with E-state index in [1.165, 1.54) is 5.56 Å². The maximum absolute atomic E-state index is 12.5. The Hall–Kier alpha value is -3.73. The van der Waals surface area contributed by atoms with Crippen LogP contribution in [0.25, 0.3) is 28.0 Å². The lowest BCUT2D eigenvalue weighted by Gasteiger charge is -2.12. The maximum atomic E-state index is 12.5. The van der Waals surface area contributed by atoms with Gasteiger partial charge in [-0.15, -0.1) is 0 Å². The number of Topliss-reactive ketones (excluding diaryl/α,β-unsaturated/α-hetero) is 1. The van der Waals surface area contributed by atoms with E-state index in [1.54, 1.807) is 6.92 Å². The molecule has 0 bridgehead atoms. The molecule has 4 aromatic rings. The van der Waals surface area contributed by atoms with Crippen LogP contribution in [-0.4, -0.2) is 27.1 Å². The highest BCUT2D eigenvalue weighted by atomic mass is 16.1. The van der Waals surface area contributed by atoms with Crippen LogP contribution < -0.4 is 5.32 Å². The molecule has 2 aromatic heterocycles. The summed E-state index contributed by atoms with van der Waals surface area (Å²) in [4.78, 5) is 29.1. The zero-order valence-corrected chi connectivity index (χ0v) is 20.3. The van der Waals surface area contributed by atoms with Gasteiger partial charge in [0.25, 0.3) is 0 Å². The average molecular weight is 454 g/mol. The molecule has 0 aliphatic rings. The molecule has 2 heterocycles. The van der Waals surface area contributed by atoms with Crippen molar-refractivity contribution in [1.82, 2.24) is 14.7 Å². The van der Waals surface area contributed by atoms with E-state index in [9.17, 15) is 9.59 Å². The van der Waals surface area contributed by atoms with Crippen LogP contribution in [0.15, 0.2) is 66.9 Å². The average Bonchev–Trinajstić information content (AvgIpc) is 3.20. The van der Waals surface area contributed by atoms with Gasteiger partial charge in [0.15, 0.2) is 5.78 Å². The minimum absolute atomic E-state index is 0.0510. The number of nitrogens with zero attached hydrogens (tertiary/aromatic N) is 2. The zero-order valence-electron chi connectivity index (χ0n) is 20.3. The van der Waals surface area contributed by atoms with Crippen LogP contribution in [0.5, 0.6) is 0 Å². The number of nitrogens with one attached hydrogen (secondary N) is 1. The van der Waals surface area contributed by atoms with Crippen LogP contribution in [0.2, 0.25) is 0 Å². The number of hydrogen-bond donors (Lipinski definition) is 1. The first-order chi connectivity index (χ1) is 16.4. The minimum atomic E-state index is 0.0510. The van der Waals surface area contributed by atoms with Crippen LogP contribution in [-0.2, 0) is 11.2 Å². The monoisotopic (exact) mass is 453 g/mol. The normalized spacial score (nSPS) is 12.0. The molecule has 2 aromatic carbocycles. The highest BCUT2D eigenvalue weighted by molar-refractivity contribution is 5.94. The quantitative estimate of drug-likeness (QED) is 0.332. The van der Waals surface area contributed by atoms with Crippen LogP contribution in [0.3, 0.4) is 0 Å². The van der Waals surface area contributed by atoms with Gasteiger partial charge in [0, 0.05) is 29.8 Å². The van der Waals surface area contributed by atoms with Gasteiger partial charge in [-0.3, -0.25) is 9.59 Å². The summed E-state index contributed by atoms with van der Waals surface area (Å²) in [6, 6.07) is 20.2. The summed E-state index contributed by atoms with van der Waals surface area (Å²) in [7, 11) is 0. The summed E-state index contributed by atoms with van der Waals surface area (Å²) < 4.78 is 2.10. The first-order valence-corrected chi connectivity index (χ1v) is 11.8. The van der Waals surface area contributed by atoms with Crippen molar-refractivity contribution in [3.05, 3.63) is 83.7 Å². The molecule has 5 nitrogen and oxygen atoms in total. The van der Waals surface area contributed by atoms with E-state index in [0.29, 0.717) is 18.4 Å². The predicted octanol–water partition coefficient (Wildman–Crippen LogP) is 6.03. The molecule has 0 saturated carbocycles. The zero-order chi connectivity index (χ0) is 24.2. The molecule has 0 unspecified atom stereocenters. The standard InChI is InChI=1S/C29H31N3O2/c1-5-20(3)30-28(34)17-15-26-29(24-8-6-19(2)7-9-24)31-27-16-14-25(18-32(26)27)23-12-10-22(11-13-23)21(4)33/h6-14,16,18,20H,5,15,17H2,1-4H3,(H,30,34)/t20-/m1/s1. The fraction of sp³-hybridized carbons (Fsp3) is 0.276. The Labute approximate surface area is 200 Å². The molecule has 0 radical (unpaired) electrons. The van der Waals surface area contributed by atoms with E-state index in [-0.39, 0.29) is 17.7 Å². The summed E-state index contributed by atoms with van der Waals surface area (Å²) in [5.74, 6) is 0.104. The van der Waals surface area contributed by atoms with Gasteiger partial charge in [-0.05, 0) is 56.9 Å². The van der Waals surface area contributed by atoms with Gasteiger partial charge in [0.1, 0.15) is 5.65 Å². The number of carbonyl (C=O) groups excluding carboxylic acids is 2. The van der Waals surface area contributed by atoms with Gasteiger partial charge in [-0.2, -0.15) is 0 Å². The van der Waals surface area contributed by atoms with Crippen molar-refractivity contribution < 1.29 is 9.59 Å². The molecule has 1 atom stereocenters. The number of amides is 1. The molecule has 0 spiro atoms. The van der Waals surface area contributed by atoms with Crippen LogP contribution in [0, 0.1) is 6.92 Å². The molecule has 0 saturated heterocycles. The molecule has 34 heavy (non-hydrogen) atoms. The molecule has 5 heteroatoms. The lowest BCUT2D eigenvalue weighted by Crippen LogP contribution is -2.32. The van der Waals surface area contributed by atoms with Crippen molar-refractivity contribution in [3.63, 3.8) is 0 Å². The largest absolute Gasteiger partial charge is 0.354 e. The summed E-state index contributed by atoms with van der Waals surface area (Å²) in [5.41, 5.74) is 7.75. The Balaban J connectivity index is 1.74. The second kappa shape index (κ2) is 10.0. The molecule has 0 aliphatic heterocycles. The summed E-state index contributed by atoms with van der Waals surface area (Å²) in [6.07, 6.45) is 3.96. The Kier molecular flexibility index (Phi) is 6.92. The third-order valence-corrected chi connectivity index (χ3v) is 6.28. The van der Waals surface area contributed by atoms with Gasteiger partial charge in [0.05, 0.1) is 11.4 Å². The topological polar surface area (TPSA) is 63.5 Å². The van der Waals surface area contributed by atoms with Crippen LogP contribution >= 0.6 is 0 Å². The Morgan fingerprint density at radius 2 is 1.59 bits per heavy atom. The van der Waals surface area contributed by atoms with Crippen molar-refractivity contribution in [3.8, 4) is 22.4 Å². The minimum Gasteiger partial charge on any atom is -0.354 e. The number of imidazole rings is 1. The summed E-state index contributed by atoms with van der Waals surface area (Å²) in [6.45, 7) is 7.73. The molecular weight excluding hydrogens is 422 g/mol. The van der Waals surface area contributed by atoms with E-state index >= 15 is 0 Å². The molecular formula is C29H31N3O2. The third kappa shape index (κ3) is 5.09. The summed E-state index contributed by atoms with van der Waals surface area (Å²) in [5, 5.41) is 3.06. The number of carbonyl (C=O) groups is 2. The highest BCUT2D eigenvalue weighted by Crippen LogP contribution is 2.29. The van der Waals surface area contributed by atoms with Gasteiger partial charge < -0.3 is 9.72 Å². The second-order valence-electron chi connectivity index (χ2n) is 8.93. The maximum Gasteiger partial charge on any atom is 0.220 e. The molecule has 1 N–H and O–H groups in total. The first-order valence-electron chi connectivity index (χ1n) is 11.8. The predicted molar refractivity (Wildman–Crippen MR) is 137 cm³/mol. The van der Waals surface area contributed by atoms with Crippen molar-refractivity contribution in [2.75, 3.05) is 0 Å². The van der Waals surface area contributed by atoms with E-state index in [4.69, 9.17) is 4.98 Å². The smallest absolute Gasteiger partial charge is 0.220 e. The van der Waals surface area contributed by atoms with Gasteiger partial charge in [0.2, 0.25) is 5.91 Å². The van der Waals surface area contributed by atoms with E-state index in [0.717, 1.165) is 40.1 Å². The van der Waals surface area contributed by atoms with Crippen LogP contribution in [0.1, 0.15) is 55.2 Å². The lowest BCUT2D eigenvalue weighted by molar-refractivity contribution is -0.121. The molecule has 0 aliphatic carbocycles. The summed E-state index contributed by atoms with van der Waals surface area (Å²) >= 11 is 0. The Bertz CT molecular complexity index is 1320. The lowest BCUT2D eigenvalue weighted by atomic mass is 10.0. The molecule has 0 fully saturated rings. The number of aryl methyl sites for hydroxylation is 2. The Morgan fingerprint density at radius 1 is 0.941 bits per heavy atom. The fourth-order valence-corrected chi connectivity index (χ4v) is 4.02. The number of benzene rings is 2. The number of rotatable bonds is 8. The van der Waals surface area contributed by atoms with E-state index in [2.05, 4.69) is 54.0 Å². The van der Waals surface area contributed by atoms with Gasteiger partial charge >= 0.3 is 0 Å². The van der Waals surface area contributed by atoms with Crippen molar-refractivity contribution >= 4 is 17.3 Å². The van der Waals surface area contributed by atoms with E-state index in [1.807, 2.05) is 43.3 Å². The van der Waals surface area contributed by atoms with Crippen molar-refractivity contribution in [2.24, 2.45) is 0 Å². The molecule has 174 valence electrons. The highest BCUT2D eigenvalue weighted by Gasteiger charge is 2.17. The van der Waals surface area contributed by atoms with E-state index < -0.39 is 0 Å². The van der Waals surface area contributed by atoms with Gasteiger partial charge in [-0.1, -0.05) is 61.0 Å². The third-order valence-electron chi connectivity index (χ3n) is 6.28. The molecule has 1 amide bonds. The molecule has 4 rings (SSSR count). The van der Waals surface area contributed by atoms with Crippen molar-refractivity contribution in [2.45, 2.75) is 53.0 Å². The number of aromatic nitrogens is 2. The number of hydrogen-bond acceptors (Lipinski definition) is 3.